The first-order chi connectivity index (χ1) is 9.71. The number of hydrogen-bond acceptors (Lipinski definition) is 3. The number of carbonyl (C=O) groups excluding carboxylic acids is 1. The molecule has 0 unspecified atom stereocenters. The van der Waals surface area contributed by atoms with E-state index >= 15 is 0 Å². The van der Waals surface area contributed by atoms with Gasteiger partial charge in [0.25, 0.3) is 0 Å². The van der Waals surface area contributed by atoms with E-state index in [2.05, 4.69) is 15.3 Å². The summed E-state index contributed by atoms with van der Waals surface area (Å²) in [7, 11) is 0. The van der Waals surface area contributed by atoms with Gasteiger partial charge in [-0.25, -0.2) is 9.18 Å². The molecule has 21 heavy (non-hydrogen) atoms. The van der Waals surface area contributed by atoms with Crippen LogP contribution >= 0.6 is 0 Å². The fraction of sp³-hybridized carbons (Fsp3) is 0.500. The SMILES string of the molecule is Cc1cc(F)cc([C@@H](CN=[N+]=[N-])NC(=O)OC(C)(C)C)c1. The zero-order valence-electron chi connectivity index (χ0n) is 12.6. The van der Waals surface area contributed by atoms with Crippen molar-refractivity contribution >= 4 is 6.09 Å². The summed E-state index contributed by atoms with van der Waals surface area (Å²) < 4.78 is 18.6. The minimum atomic E-state index is -0.650. The summed E-state index contributed by atoms with van der Waals surface area (Å²) in [5.41, 5.74) is 9.01. The van der Waals surface area contributed by atoms with Crippen molar-refractivity contribution in [2.45, 2.75) is 39.3 Å². The second-order valence-corrected chi connectivity index (χ2v) is 5.67. The van der Waals surface area contributed by atoms with Crippen molar-refractivity contribution in [3.63, 3.8) is 0 Å². The van der Waals surface area contributed by atoms with Gasteiger partial charge in [-0.3, -0.25) is 0 Å². The van der Waals surface area contributed by atoms with Crippen molar-refractivity contribution in [3.05, 3.63) is 45.6 Å². The van der Waals surface area contributed by atoms with Gasteiger partial charge in [0.15, 0.2) is 0 Å². The van der Waals surface area contributed by atoms with Gasteiger partial charge in [-0.2, -0.15) is 0 Å². The van der Waals surface area contributed by atoms with E-state index in [9.17, 15) is 9.18 Å². The number of ether oxygens (including phenoxy) is 1. The zero-order valence-corrected chi connectivity index (χ0v) is 12.6. The number of rotatable bonds is 4. The lowest BCUT2D eigenvalue weighted by Gasteiger charge is -2.23. The molecule has 6 nitrogen and oxygen atoms in total. The number of aryl methyl sites for hydroxylation is 1. The lowest BCUT2D eigenvalue weighted by molar-refractivity contribution is 0.0505. The number of hydrogen-bond donors (Lipinski definition) is 1. The molecule has 114 valence electrons. The van der Waals surface area contributed by atoms with E-state index in [1.807, 2.05) is 0 Å². The third-order valence-electron chi connectivity index (χ3n) is 2.49. The van der Waals surface area contributed by atoms with Crippen LogP contribution in [0.15, 0.2) is 23.3 Å². The number of carbonyl (C=O) groups is 1. The van der Waals surface area contributed by atoms with E-state index in [1.165, 1.54) is 12.1 Å². The van der Waals surface area contributed by atoms with Crippen molar-refractivity contribution in [3.8, 4) is 0 Å². The molecule has 1 rings (SSSR count). The van der Waals surface area contributed by atoms with Crippen LogP contribution in [0.1, 0.15) is 37.9 Å². The zero-order chi connectivity index (χ0) is 16.0. The fourth-order valence-electron chi connectivity index (χ4n) is 1.77. The molecule has 0 spiro atoms. The first-order valence-corrected chi connectivity index (χ1v) is 6.49. The van der Waals surface area contributed by atoms with Gasteiger partial charge in [-0.05, 0) is 56.5 Å². The smallest absolute Gasteiger partial charge is 0.408 e. The molecule has 1 amide bonds. The second kappa shape index (κ2) is 6.95. The molecule has 0 aromatic heterocycles. The third-order valence-corrected chi connectivity index (χ3v) is 2.49. The Morgan fingerprint density at radius 1 is 1.48 bits per heavy atom. The van der Waals surface area contributed by atoms with Crippen molar-refractivity contribution in [1.29, 1.82) is 0 Å². The second-order valence-electron chi connectivity index (χ2n) is 5.67. The topological polar surface area (TPSA) is 87.1 Å². The lowest BCUT2D eigenvalue weighted by Crippen LogP contribution is -2.36. The Kier molecular flexibility index (Phi) is 5.55. The highest BCUT2D eigenvalue weighted by Crippen LogP contribution is 2.18. The predicted octanol–water partition coefficient (Wildman–Crippen LogP) is 4.01. The van der Waals surface area contributed by atoms with Crippen LogP contribution in [0.4, 0.5) is 9.18 Å². The van der Waals surface area contributed by atoms with Crippen molar-refractivity contribution in [1.82, 2.24) is 5.32 Å². The van der Waals surface area contributed by atoms with Crippen LogP contribution in [0.2, 0.25) is 0 Å². The van der Waals surface area contributed by atoms with Crippen molar-refractivity contribution in [2.24, 2.45) is 5.11 Å². The van der Waals surface area contributed by atoms with Gasteiger partial charge in [0.05, 0.1) is 12.6 Å². The van der Waals surface area contributed by atoms with Crippen LogP contribution in [0.3, 0.4) is 0 Å². The Bertz CT molecular complexity index is 542. The summed E-state index contributed by atoms with van der Waals surface area (Å²) in [6.07, 6.45) is -0.650. The summed E-state index contributed by atoms with van der Waals surface area (Å²) in [5.74, 6) is -0.415. The molecular weight excluding hydrogens is 275 g/mol. The molecule has 1 aromatic rings. The Labute approximate surface area is 122 Å². The molecule has 0 saturated heterocycles. The van der Waals surface area contributed by atoms with Crippen LogP contribution in [0.25, 0.3) is 10.4 Å². The quantitative estimate of drug-likeness (QED) is 0.516. The maximum atomic E-state index is 13.5. The number of nitrogens with zero attached hydrogens (tertiary/aromatic N) is 3. The summed E-state index contributed by atoms with van der Waals surface area (Å²) >= 11 is 0. The first-order valence-electron chi connectivity index (χ1n) is 6.49. The molecule has 0 aliphatic rings. The maximum absolute atomic E-state index is 13.5. The van der Waals surface area contributed by atoms with Gasteiger partial charge >= 0.3 is 6.09 Å². The minimum Gasteiger partial charge on any atom is -0.444 e. The number of alkyl carbamates (subject to hydrolysis) is 1. The number of azide groups is 1. The van der Waals surface area contributed by atoms with Crippen molar-refractivity contribution < 1.29 is 13.9 Å². The standard InChI is InChI=1S/C14H19FN4O2/c1-9-5-10(7-11(15)6-9)12(8-17-19-16)18-13(20)21-14(2,3)4/h5-7,12H,8H2,1-4H3,(H,18,20)/t12-/m1/s1. The third kappa shape index (κ3) is 6.14. The molecule has 7 heteroatoms. The summed E-state index contributed by atoms with van der Waals surface area (Å²) in [4.78, 5) is 14.5. The Morgan fingerprint density at radius 3 is 2.67 bits per heavy atom. The maximum Gasteiger partial charge on any atom is 0.408 e. The van der Waals surface area contributed by atoms with Crippen LogP contribution in [-0.4, -0.2) is 18.2 Å². The molecule has 0 fully saturated rings. The van der Waals surface area contributed by atoms with Crippen LogP contribution in [0, 0.1) is 12.7 Å². The van der Waals surface area contributed by atoms with E-state index < -0.39 is 23.6 Å². The molecule has 0 aliphatic carbocycles. The van der Waals surface area contributed by atoms with E-state index in [0.29, 0.717) is 11.1 Å². The Hall–Kier alpha value is -2.27. The normalized spacial score (nSPS) is 12.2. The fourth-order valence-corrected chi connectivity index (χ4v) is 1.77. The van der Waals surface area contributed by atoms with E-state index in [1.54, 1.807) is 33.8 Å². The van der Waals surface area contributed by atoms with Gasteiger partial charge in [-0.1, -0.05) is 11.2 Å². The van der Waals surface area contributed by atoms with Crippen LogP contribution < -0.4 is 5.32 Å². The predicted molar refractivity (Wildman–Crippen MR) is 77.3 cm³/mol. The van der Waals surface area contributed by atoms with Crippen molar-refractivity contribution in [2.75, 3.05) is 6.54 Å². The number of amides is 1. The number of halogens is 1. The molecule has 0 saturated carbocycles. The molecule has 1 aromatic carbocycles. The van der Waals surface area contributed by atoms with E-state index in [4.69, 9.17) is 10.3 Å². The number of nitrogens with one attached hydrogen (secondary N) is 1. The van der Waals surface area contributed by atoms with Gasteiger partial charge in [-0.15, -0.1) is 0 Å². The van der Waals surface area contributed by atoms with Gasteiger partial charge in [0, 0.05) is 4.91 Å². The average molecular weight is 294 g/mol. The van der Waals surface area contributed by atoms with Crippen LogP contribution in [-0.2, 0) is 4.74 Å². The van der Waals surface area contributed by atoms with E-state index in [-0.39, 0.29) is 6.54 Å². The first kappa shape index (κ1) is 16.8. The minimum absolute atomic E-state index is 0.0291. The highest BCUT2D eigenvalue weighted by Gasteiger charge is 2.20. The lowest BCUT2D eigenvalue weighted by atomic mass is 10.0. The Morgan fingerprint density at radius 2 is 2.14 bits per heavy atom. The molecule has 0 bridgehead atoms. The molecule has 0 radical (unpaired) electrons. The summed E-state index contributed by atoms with van der Waals surface area (Å²) in [6, 6.07) is 3.74. The molecular formula is C14H19FN4O2. The van der Waals surface area contributed by atoms with Gasteiger partial charge < -0.3 is 10.1 Å². The Balaban J connectivity index is 2.94. The largest absolute Gasteiger partial charge is 0.444 e. The summed E-state index contributed by atoms with van der Waals surface area (Å²) in [6.45, 7) is 6.92. The van der Waals surface area contributed by atoms with Crippen LogP contribution in [0.5, 0.6) is 0 Å². The highest BCUT2D eigenvalue weighted by atomic mass is 19.1. The summed E-state index contributed by atoms with van der Waals surface area (Å²) in [5, 5.41) is 6.03. The molecule has 0 aliphatic heterocycles. The highest BCUT2D eigenvalue weighted by molar-refractivity contribution is 5.68. The van der Waals surface area contributed by atoms with Gasteiger partial charge in [0.1, 0.15) is 11.4 Å². The number of benzene rings is 1. The monoisotopic (exact) mass is 294 g/mol. The molecule has 1 atom stereocenters. The molecule has 0 heterocycles. The van der Waals surface area contributed by atoms with E-state index in [0.717, 1.165) is 0 Å². The van der Waals surface area contributed by atoms with Gasteiger partial charge in [0.2, 0.25) is 0 Å². The molecule has 1 N–H and O–H groups in total. The average Bonchev–Trinajstić information content (AvgIpc) is 2.30.